The van der Waals surface area contributed by atoms with E-state index in [1.165, 1.54) is 10.9 Å². The number of fused-ring (bicyclic) bond motifs is 1. The van der Waals surface area contributed by atoms with Crippen molar-refractivity contribution in [3.63, 3.8) is 0 Å². The van der Waals surface area contributed by atoms with Crippen LogP contribution in [0.15, 0.2) is 48.7 Å². The van der Waals surface area contributed by atoms with Gasteiger partial charge in [0.1, 0.15) is 0 Å². The fourth-order valence-corrected chi connectivity index (χ4v) is 2.90. The third-order valence-corrected chi connectivity index (χ3v) is 4.44. The molecule has 0 spiro atoms. The quantitative estimate of drug-likeness (QED) is 0.603. The highest BCUT2D eigenvalue weighted by molar-refractivity contribution is 7.80. The molecule has 3 N–H and O–H groups in total. The fraction of sp³-hybridized carbons (Fsp3) is 0.167. The third-order valence-electron chi connectivity index (χ3n) is 3.78. The molecule has 0 saturated carbocycles. The monoisotopic (exact) mass is 343 g/mol. The van der Waals surface area contributed by atoms with Crippen LogP contribution in [0, 0.1) is 6.92 Å². The molecule has 0 aliphatic carbocycles. The van der Waals surface area contributed by atoms with E-state index in [4.69, 9.17) is 23.8 Å². The predicted octanol–water partition coefficient (Wildman–Crippen LogP) is 4.66. The van der Waals surface area contributed by atoms with Gasteiger partial charge >= 0.3 is 0 Å². The molecule has 0 unspecified atom stereocenters. The minimum atomic E-state index is 0.602. The number of hydrogen-bond donors (Lipinski definition) is 3. The molecule has 0 aliphatic heterocycles. The Balaban J connectivity index is 1.54. The van der Waals surface area contributed by atoms with Crippen LogP contribution < -0.4 is 10.6 Å². The lowest BCUT2D eigenvalue weighted by Gasteiger charge is -2.11. The van der Waals surface area contributed by atoms with Gasteiger partial charge in [0.05, 0.1) is 0 Å². The average Bonchev–Trinajstić information content (AvgIpc) is 2.94. The summed E-state index contributed by atoms with van der Waals surface area (Å²) in [5.74, 6) is 0. The van der Waals surface area contributed by atoms with Crippen molar-refractivity contribution >= 4 is 45.5 Å². The van der Waals surface area contributed by atoms with Crippen LogP contribution in [0.4, 0.5) is 5.69 Å². The van der Waals surface area contributed by atoms with Crippen molar-refractivity contribution in [3.8, 4) is 0 Å². The number of nitrogens with one attached hydrogen (secondary N) is 3. The number of aryl methyl sites for hydroxylation is 1. The first-order valence-electron chi connectivity index (χ1n) is 7.49. The van der Waals surface area contributed by atoms with Gasteiger partial charge in [-0.1, -0.05) is 35.9 Å². The molecule has 3 rings (SSSR count). The van der Waals surface area contributed by atoms with E-state index >= 15 is 0 Å². The van der Waals surface area contributed by atoms with Gasteiger partial charge in [-0.25, -0.2) is 0 Å². The largest absolute Gasteiger partial charge is 0.362 e. The highest BCUT2D eigenvalue weighted by atomic mass is 35.5. The van der Waals surface area contributed by atoms with E-state index in [2.05, 4.69) is 40.0 Å². The zero-order valence-electron chi connectivity index (χ0n) is 12.8. The van der Waals surface area contributed by atoms with Gasteiger partial charge in [-0.05, 0) is 54.9 Å². The second-order valence-electron chi connectivity index (χ2n) is 5.45. The number of halogens is 1. The Morgan fingerprint density at radius 1 is 1.22 bits per heavy atom. The van der Waals surface area contributed by atoms with Crippen LogP contribution in [0.1, 0.15) is 11.1 Å². The lowest BCUT2D eigenvalue weighted by Crippen LogP contribution is -2.30. The van der Waals surface area contributed by atoms with Crippen molar-refractivity contribution in [3.05, 3.63) is 64.8 Å². The van der Waals surface area contributed by atoms with Crippen LogP contribution in [0.25, 0.3) is 10.9 Å². The lowest BCUT2D eigenvalue weighted by molar-refractivity contribution is 0.878. The molecule has 1 aromatic heterocycles. The van der Waals surface area contributed by atoms with Crippen molar-refractivity contribution in [2.75, 3.05) is 11.9 Å². The molecule has 0 radical (unpaired) electrons. The van der Waals surface area contributed by atoms with E-state index in [0.717, 1.165) is 34.8 Å². The van der Waals surface area contributed by atoms with Crippen LogP contribution in [-0.2, 0) is 6.42 Å². The number of aromatic amines is 1. The Hall–Kier alpha value is -2.04. The SMILES string of the molecule is Cc1ccc(NC(=S)NCCc2c[nH]c3ccccc23)cc1Cl. The zero-order valence-corrected chi connectivity index (χ0v) is 14.4. The Labute approximate surface area is 146 Å². The number of para-hydroxylation sites is 1. The zero-order chi connectivity index (χ0) is 16.2. The van der Waals surface area contributed by atoms with Gasteiger partial charge in [-0.2, -0.15) is 0 Å². The minimum Gasteiger partial charge on any atom is -0.362 e. The predicted molar refractivity (Wildman–Crippen MR) is 102 cm³/mol. The molecule has 1 heterocycles. The van der Waals surface area contributed by atoms with Crippen molar-refractivity contribution in [2.24, 2.45) is 0 Å². The summed E-state index contributed by atoms with van der Waals surface area (Å²) < 4.78 is 0. The molecule has 0 amide bonds. The number of hydrogen-bond acceptors (Lipinski definition) is 1. The summed E-state index contributed by atoms with van der Waals surface area (Å²) in [7, 11) is 0. The fourth-order valence-electron chi connectivity index (χ4n) is 2.50. The maximum Gasteiger partial charge on any atom is 0.170 e. The molecular formula is C18H18ClN3S. The maximum absolute atomic E-state index is 6.12. The first kappa shape index (κ1) is 15.8. The van der Waals surface area contributed by atoms with Crippen molar-refractivity contribution in [1.82, 2.24) is 10.3 Å². The lowest BCUT2D eigenvalue weighted by atomic mass is 10.1. The van der Waals surface area contributed by atoms with Gasteiger partial charge in [0, 0.05) is 34.4 Å². The Morgan fingerprint density at radius 3 is 2.87 bits per heavy atom. The smallest absolute Gasteiger partial charge is 0.170 e. The van der Waals surface area contributed by atoms with Gasteiger partial charge in [0.2, 0.25) is 0 Å². The van der Waals surface area contributed by atoms with E-state index in [9.17, 15) is 0 Å². The third kappa shape index (κ3) is 3.84. The summed E-state index contributed by atoms with van der Waals surface area (Å²) in [4.78, 5) is 3.29. The molecule has 2 aromatic carbocycles. The van der Waals surface area contributed by atoms with Crippen molar-refractivity contribution < 1.29 is 0 Å². The van der Waals surface area contributed by atoms with E-state index in [1.807, 2.05) is 31.2 Å². The van der Waals surface area contributed by atoms with Gasteiger partial charge in [0.15, 0.2) is 5.11 Å². The topological polar surface area (TPSA) is 39.8 Å². The Morgan fingerprint density at radius 2 is 2.04 bits per heavy atom. The van der Waals surface area contributed by atoms with E-state index in [1.54, 1.807) is 0 Å². The highest BCUT2D eigenvalue weighted by Crippen LogP contribution is 2.20. The summed E-state index contributed by atoms with van der Waals surface area (Å²) in [5, 5.41) is 8.98. The molecule has 3 nitrogen and oxygen atoms in total. The summed E-state index contributed by atoms with van der Waals surface area (Å²) in [6, 6.07) is 14.1. The van der Waals surface area contributed by atoms with Crippen LogP contribution in [0.2, 0.25) is 5.02 Å². The van der Waals surface area contributed by atoms with E-state index < -0.39 is 0 Å². The molecule has 0 fully saturated rings. The molecule has 118 valence electrons. The Bertz CT molecular complexity index is 841. The molecule has 0 aliphatic rings. The number of aromatic nitrogens is 1. The normalized spacial score (nSPS) is 10.7. The summed E-state index contributed by atoms with van der Waals surface area (Å²) in [6.07, 6.45) is 2.96. The maximum atomic E-state index is 6.12. The number of H-pyrrole nitrogens is 1. The van der Waals surface area contributed by atoms with Crippen LogP contribution >= 0.6 is 23.8 Å². The summed E-state index contributed by atoms with van der Waals surface area (Å²) in [6.45, 7) is 2.75. The molecule has 3 aromatic rings. The molecule has 0 bridgehead atoms. The molecule has 0 atom stereocenters. The molecule has 5 heteroatoms. The number of benzene rings is 2. The number of anilines is 1. The Kier molecular flexibility index (Phi) is 4.84. The second-order valence-corrected chi connectivity index (χ2v) is 6.27. The first-order valence-corrected chi connectivity index (χ1v) is 8.28. The standard InChI is InChI=1S/C18H18ClN3S/c1-12-6-7-14(10-16(12)19)22-18(23)20-9-8-13-11-21-17-5-3-2-4-15(13)17/h2-7,10-11,21H,8-9H2,1H3,(H2,20,22,23). The van der Waals surface area contributed by atoms with Gasteiger partial charge in [0.25, 0.3) is 0 Å². The van der Waals surface area contributed by atoms with Crippen LogP contribution in [0.3, 0.4) is 0 Å². The molecule has 0 saturated heterocycles. The summed E-state index contributed by atoms with van der Waals surface area (Å²) in [5.41, 5.74) is 4.40. The molecular weight excluding hydrogens is 326 g/mol. The summed E-state index contributed by atoms with van der Waals surface area (Å²) >= 11 is 11.4. The van der Waals surface area contributed by atoms with E-state index in [0.29, 0.717) is 5.11 Å². The van der Waals surface area contributed by atoms with Gasteiger partial charge in [-0.3, -0.25) is 0 Å². The number of thiocarbonyl (C=S) groups is 1. The molecule has 23 heavy (non-hydrogen) atoms. The van der Waals surface area contributed by atoms with E-state index in [-0.39, 0.29) is 0 Å². The number of rotatable bonds is 4. The van der Waals surface area contributed by atoms with Crippen LogP contribution in [-0.4, -0.2) is 16.6 Å². The second kappa shape index (κ2) is 7.02. The highest BCUT2D eigenvalue weighted by Gasteiger charge is 2.04. The van der Waals surface area contributed by atoms with Crippen LogP contribution in [0.5, 0.6) is 0 Å². The van der Waals surface area contributed by atoms with Gasteiger partial charge in [-0.15, -0.1) is 0 Å². The van der Waals surface area contributed by atoms with Crippen molar-refractivity contribution in [2.45, 2.75) is 13.3 Å². The minimum absolute atomic E-state index is 0.602. The van der Waals surface area contributed by atoms with Gasteiger partial charge < -0.3 is 15.6 Å². The average molecular weight is 344 g/mol. The van der Waals surface area contributed by atoms with Crippen molar-refractivity contribution in [1.29, 1.82) is 0 Å². The first-order chi connectivity index (χ1) is 11.1.